The van der Waals surface area contributed by atoms with Crippen LogP contribution in [-0.2, 0) is 6.42 Å². The maximum atomic E-state index is 15.1. The zero-order valence-electron chi connectivity index (χ0n) is 20.6. The van der Waals surface area contributed by atoms with Crippen LogP contribution in [0.15, 0.2) is 48.5 Å². The highest BCUT2D eigenvalue weighted by Gasteiger charge is 2.39. The number of aliphatic hydroxyl groups is 1. The van der Waals surface area contributed by atoms with Crippen LogP contribution in [0.1, 0.15) is 43.1 Å². The van der Waals surface area contributed by atoms with Crippen LogP contribution in [0.25, 0.3) is 10.9 Å². The smallest absolute Gasteiger partial charge is 0.143 e. The van der Waals surface area contributed by atoms with E-state index < -0.39 is 12.3 Å². The lowest BCUT2D eigenvalue weighted by molar-refractivity contribution is 0.0175. The molecule has 5 nitrogen and oxygen atoms in total. The lowest BCUT2D eigenvalue weighted by Crippen LogP contribution is -2.54. The topological polar surface area (TPSA) is 54.5 Å². The second-order valence-electron chi connectivity index (χ2n) is 10.5. The van der Waals surface area contributed by atoms with Crippen molar-refractivity contribution in [3.63, 3.8) is 0 Å². The number of para-hydroxylation sites is 1. The molecule has 3 N–H and O–H groups in total. The molecule has 3 aromatic rings. The number of H-pyrrole nitrogens is 1. The van der Waals surface area contributed by atoms with Crippen LogP contribution in [0.5, 0.6) is 0 Å². The molecule has 2 aromatic carbocycles. The summed E-state index contributed by atoms with van der Waals surface area (Å²) in [5, 5.41) is 14.5. The van der Waals surface area contributed by atoms with Gasteiger partial charge in [0.25, 0.3) is 0 Å². The highest BCUT2D eigenvalue weighted by atomic mass is 19.1. The molecule has 7 heteroatoms. The van der Waals surface area contributed by atoms with E-state index in [1.807, 2.05) is 6.07 Å². The zero-order valence-corrected chi connectivity index (χ0v) is 20.6. The Labute approximate surface area is 206 Å². The van der Waals surface area contributed by atoms with E-state index in [9.17, 15) is 9.50 Å². The first kappa shape index (κ1) is 24.2. The third kappa shape index (κ3) is 4.95. The van der Waals surface area contributed by atoms with Gasteiger partial charge in [-0.25, -0.2) is 4.39 Å². The number of anilines is 1. The molecule has 1 saturated heterocycles. The van der Waals surface area contributed by atoms with Gasteiger partial charge in [0.2, 0.25) is 0 Å². The minimum Gasteiger partial charge on any atom is -0.393 e. The van der Waals surface area contributed by atoms with Crippen molar-refractivity contribution < 1.29 is 13.9 Å². The van der Waals surface area contributed by atoms with Crippen molar-refractivity contribution in [3.05, 3.63) is 65.4 Å². The molecule has 0 radical (unpaired) electrons. The van der Waals surface area contributed by atoms with E-state index >= 15 is 4.39 Å². The number of aromatic nitrogens is 1. The molecule has 0 amide bonds. The maximum Gasteiger partial charge on any atom is 0.143 e. The summed E-state index contributed by atoms with van der Waals surface area (Å²) in [6.45, 7) is 5.69. The van der Waals surface area contributed by atoms with Crippen molar-refractivity contribution in [2.24, 2.45) is 0 Å². The van der Waals surface area contributed by atoms with E-state index in [2.05, 4.69) is 69.5 Å². The largest absolute Gasteiger partial charge is 0.393 e. The van der Waals surface area contributed by atoms with Crippen molar-refractivity contribution in [1.29, 1.82) is 0 Å². The molecular weight excluding hydrogens is 446 g/mol. The van der Waals surface area contributed by atoms with Gasteiger partial charge in [-0.2, -0.15) is 0 Å². The molecule has 3 heterocycles. The average Bonchev–Trinajstić information content (AvgIpc) is 3.19. The summed E-state index contributed by atoms with van der Waals surface area (Å²) in [7, 11) is 0. The van der Waals surface area contributed by atoms with Crippen molar-refractivity contribution >= 4 is 16.6 Å². The highest BCUT2D eigenvalue weighted by Crippen LogP contribution is 2.41. The van der Waals surface area contributed by atoms with Gasteiger partial charge in [0, 0.05) is 54.5 Å². The fourth-order valence-corrected chi connectivity index (χ4v) is 5.67. The second-order valence-corrected chi connectivity index (χ2v) is 10.5. The van der Waals surface area contributed by atoms with E-state index in [1.165, 1.54) is 17.9 Å². The third-order valence-corrected chi connectivity index (χ3v) is 7.52. The summed E-state index contributed by atoms with van der Waals surface area (Å²) >= 11 is 0. The number of benzene rings is 2. The highest BCUT2D eigenvalue weighted by molar-refractivity contribution is 5.85. The predicted molar refractivity (Wildman–Crippen MR) is 137 cm³/mol. The molecule has 2 aliphatic heterocycles. The molecule has 0 unspecified atom stereocenters. The van der Waals surface area contributed by atoms with E-state index in [0.717, 1.165) is 48.5 Å². The molecule has 1 aromatic heterocycles. The molecule has 3 atom stereocenters. The number of hydrogen-bond donors (Lipinski definition) is 3. The molecule has 188 valence electrons. The number of aromatic amines is 1. The van der Waals surface area contributed by atoms with Gasteiger partial charge in [0.05, 0.1) is 25.4 Å². The Morgan fingerprint density at radius 3 is 2.60 bits per heavy atom. The van der Waals surface area contributed by atoms with Crippen LogP contribution >= 0.6 is 0 Å². The van der Waals surface area contributed by atoms with Gasteiger partial charge in [0.1, 0.15) is 5.67 Å². The standard InChI is InChI=1S/C28H36F2N4O/c1-19-14-24-23-6-3-4-7-25(23)32-26(24)27(34(19)17-28(2,30)18-35)20-8-10-21(11-9-20)31-22-15-33(16-22)13-5-12-29/h3-4,6-11,19,22,27,31-32,35H,5,12-18H2,1-2H3/t19-,27-,28+/m1/s1. The van der Waals surface area contributed by atoms with Gasteiger partial charge < -0.3 is 15.4 Å². The van der Waals surface area contributed by atoms with Crippen molar-refractivity contribution in [2.45, 2.75) is 50.5 Å². The summed E-state index contributed by atoms with van der Waals surface area (Å²) in [6, 6.07) is 17.2. The van der Waals surface area contributed by atoms with Crippen LogP contribution in [0.3, 0.4) is 0 Å². The number of aliphatic hydroxyl groups excluding tert-OH is 1. The Morgan fingerprint density at radius 1 is 1.14 bits per heavy atom. The Hall–Kier alpha value is -2.48. The molecule has 0 aliphatic carbocycles. The summed E-state index contributed by atoms with van der Waals surface area (Å²) < 4.78 is 27.5. The zero-order chi connectivity index (χ0) is 24.6. The van der Waals surface area contributed by atoms with Gasteiger partial charge in [-0.3, -0.25) is 14.2 Å². The molecule has 0 bridgehead atoms. The first-order chi connectivity index (χ1) is 16.9. The van der Waals surface area contributed by atoms with Crippen LogP contribution < -0.4 is 5.32 Å². The van der Waals surface area contributed by atoms with Gasteiger partial charge in [-0.15, -0.1) is 0 Å². The van der Waals surface area contributed by atoms with Gasteiger partial charge in [-0.1, -0.05) is 30.3 Å². The molecular formula is C28H36F2N4O. The average molecular weight is 483 g/mol. The van der Waals surface area contributed by atoms with Gasteiger partial charge >= 0.3 is 0 Å². The molecule has 35 heavy (non-hydrogen) atoms. The number of nitrogens with one attached hydrogen (secondary N) is 2. The Kier molecular flexibility index (Phi) is 6.84. The SMILES string of the molecule is C[C@@H]1Cc2c([nH]c3ccccc23)[C@@H](c2ccc(NC3CN(CCCF)C3)cc2)N1C[C@](C)(F)CO. The lowest BCUT2D eigenvalue weighted by Gasteiger charge is -2.43. The predicted octanol–water partition coefficient (Wildman–Crippen LogP) is 4.68. The summed E-state index contributed by atoms with van der Waals surface area (Å²) in [5.41, 5.74) is 3.98. The van der Waals surface area contributed by atoms with Crippen LogP contribution in [0.2, 0.25) is 0 Å². The quantitative estimate of drug-likeness (QED) is 0.415. The minimum absolute atomic E-state index is 0.122. The Bertz CT molecular complexity index is 1140. The normalized spacial score (nSPS) is 23.1. The molecule has 0 saturated carbocycles. The summed E-state index contributed by atoms with van der Waals surface area (Å²) in [4.78, 5) is 8.08. The van der Waals surface area contributed by atoms with Crippen LogP contribution in [0.4, 0.5) is 14.5 Å². The second kappa shape index (κ2) is 9.88. The minimum atomic E-state index is -1.68. The fraction of sp³-hybridized carbons (Fsp3) is 0.500. The molecule has 0 spiro atoms. The summed E-state index contributed by atoms with van der Waals surface area (Å²) in [5.74, 6) is 0. The Morgan fingerprint density at radius 2 is 1.89 bits per heavy atom. The lowest BCUT2D eigenvalue weighted by atomic mass is 9.87. The number of halogens is 2. The van der Waals surface area contributed by atoms with Crippen LogP contribution in [0, 0.1) is 0 Å². The number of rotatable bonds is 9. The first-order valence-electron chi connectivity index (χ1n) is 12.7. The number of hydrogen-bond acceptors (Lipinski definition) is 4. The Balaban J connectivity index is 1.41. The summed E-state index contributed by atoms with van der Waals surface area (Å²) in [6.07, 6.45) is 1.43. The van der Waals surface area contributed by atoms with Gasteiger partial charge in [-0.05, 0) is 56.0 Å². The van der Waals surface area contributed by atoms with Crippen LogP contribution in [-0.4, -0.2) is 77.1 Å². The fourth-order valence-electron chi connectivity index (χ4n) is 5.67. The van der Waals surface area contributed by atoms with Gasteiger partial charge in [0.15, 0.2) is 0 Å². The van der Waals surface area contributed by atoms with Crippen molar-refractivity contribution in [2.75, 3.05) is 44.8 Å². The number of fused-ring (bicyclic) bond motifs is 3. The van der Waals surface area contributed by atoms with E-state index in [1.54, 1.807) is 0 Å². The van der Waals surface area contributed by atoms with E-state index in [4.69, 9.17) is 0 Å². The number of alkyl halides is 2. The van der Waals surface area contributed by atoms with Crippen molar-refractivity contribution in [3.8, 4) is 0 Å². The van der Waals surface area contributed by atoms with E-state index in [0.29, 0.717) is 12.5 Å². The van der Waals surface area contributed by atoms with Crippen molar-refractivity contribution in [1.82, 2.24) is 14.8 Å². The first-order valence-corrected chi connectivity index (χ1v) is 12.7. The number of likely N-dealkylation sites (tertiary alicyclic amines) is 1. The molecule has 2 aliphatic rings. The molecule has 1 fully saturated rings. The van der Waals surface area contributed by atoms with E-state index in [-0.39, 0.29) is 25.3 Å². The number of nitrogens with zero attached hydrogens (tertiary/aromatic N) is 2. The monoisotopic (exact) mass is 482 g/mol. The third-order valence-electron chi connectivity index (χ3n) is 7.52. The molecule has 5 rings (SSSR count). The maximum absolute atomic E-state index is 15.1.